The zero-order chi connectivity index (χ0) is 17.4. The fourth-order valence-corrected chi connectivity index (χ4v) is 3.69. The van der Waals surface area contributed by atoms with Crippen LogP contribution < -0.4 is 0 Å². The van der Waals surface area contributed by atoms with E-state index in [1.54, 1.807) is 11.1 Å². The van der Waals surface area contributed by atoms with E-state index in [1.807, 2.05) is 11.6 Å². The minimum atomic E-state index is -0.808. The maximum Gasteiger partial charge on any atom is 0.308 e. The molecule has 1 aliphatic heterocycles. The van der Waals surface area contributed by atoms with Gasteiger partial charge in [0.05, 0.1) is 23.4 Å². The summed E-state index contributed by atoms with van der Waals surface area (Å²) in [7, 11) is 0. The summed E-state index contributed by atoms with van der Waals surface area (Å²) in [5.74, 6) is -0.691. The molecule has 1 aliphatic carbocycles. The van der Waals surface area contributed by atoms with Crippen LogP contribution in [-0.2, 0) is 4.79 Å². The molecule has 1 amide bonds. The van der Waals surface area contributed by atoms with E-state index in [9.17, 15) is 14.7 Å². The molecule has 6 nitrogen and oxygen atoms in total. The van der Waals surface area contributed by atoms with Crippen LogP contribution in [0.3, 0.4) is 0 Å². The van der Waals surface area contributed by atoms with Gasteiger partial charge in [-0.15, -0.1) is 0 Å². The molecule has 1 aromatic heterocycles. The minimum absolute atomic E-state index is 0.0516. The third-order valence-electron chi connectivity index (χ3n) is 5.33. The lowest BCUT2D eigenvalue weighted by Crippen LogP contribution is -2.45. The Morgan fingerprint density at radius 1 is 1.38 bits per heavy atom. The highest BCUT2D eigenvalue weighted by Gasteiger charge is 2.37. The van der Waals surface area contributed by atoms with E-state index in [0.717, 1.165) is 25.0 Å². The van der Waals surface area contributed by atoms with Crippen LogP contribution in [0.5, 0.6) is 0 Å². The van der Waals surface area contributed by atoms with Gasteiger partial charge in [-0.3, -0.25) is 14.3 Å². The molecule has 3 rings (SSSR count). The summed E-state index contributed by atoms with van der Waals surface area (Å²) in [5, 5.41) is 13.8. The number of rotatable bonds is 5. The summed E-state index contributed by atoms with van der Waals surface area (Å²) in [4.78, 5) is 26.2. The first-order chi connectivity index (χ1) is 11.4. The lowest BCUT2D eigenvalue weighted by Gasteiger charge is -2.34. The van der Waals surface area contributed by atoms with Crippen molar-refractivity contribution < 1.29 is 14.7 Å². The van der Waals surface area contributed by atoms with Crippen molar-refractivity contribution in [3.8, 4) is 0 Å². The molecule has 0 bridgehead atoms. The van der Waals surface area contributed by atoms with Crippen LogP contribution in [0.15, 0.2) is 6.20 Å². The van der Waals surface area contributed by atoms with Crippen molar-refractivity contribution in [2.75, 3.05) is 13.1 Å². The standard InChI is InChI=1S/C18H27N3O3/c1-4-12(3)21-16(13-5-6-13)15(8-19-21)17(22)20-9-11(2)7-14(10-20)18(23)24/h8,11-14H,4-7,9-10H2,1-3H3,(H,23,24). The predicted molar refractivity (Wildman–Crippen MR) is 90.0 cm³/mol. The van der Waals surface area contributed by atoms with E-state index in [2.05, 4.69) is 18.9 Å². The first kappa shape index (κ1) is 17.0. The van der Waals surface area contributed by atoms with Crippen molar-refractivity contribution in [3.05, 3.63) is 17.5 Å². The summed E-state index contributed by atoms with van der Waals surface area (Å²) >= 11 is 0. The third kappa shape index (κ3) is 3.19. The zero-order valence-corrected chi connectivity index (χ0v) is 14.7. The van der Waals surface area contributed by atoms with Gasteiger partial charge in [-0.2, -0.15) is 5.10 Å². The van der Waals surface area contributed by atoms with Gasteiger partial charge in [0.15, 0.2) is 0 Å². The van der Waals surface area contributed by atoms with Gasteiger partial charge in [0, 0.05) is 25.0 Å². The first-order valence-corrected chi connectivity index (χ1v) is 9.01. The van der Waals surface area contributed by atoms with Gasteiger partial charge in [-0.25, -0.2) is 0 Å². The number of aromatic nitrogens is 2. The number of carbonyl (C=O) groups excluding carboxylic acids is 1. The molecule has 0 radical (unpaired) electrons. The van der Waals surface area contributed by atoms with E-state index in [4.69, 9.17) is 0 Å². The summed E-state index contributed by atoms with van der Waals surface area (Å²) in [5.41, 5.74) is 1.73. The Labute approximate surface area is 142 Å². The number of likely N-dealkylation sites (tertiary alicyclic amines) is 1. The molecule has 2 aliphatic rings. The Morgan fingerprint density at radius 2 is 2.08 bits per heavy atom. The number of hydrogen-bond donors (Lipinski definition) is 1. The van der Waals surface area contributed by atoms with E-state index in [0.29, 0.717) is 31.0 Å². The molecule has 24 heavy (non-hydrogen) atoms. The number of hydrogen-bond acceptors (Lipinski definition) is 3. The predicted octanol–water partition coefficient (Wildman–Crippen LogP) is 2.91. The van der Waals surface area contributed by atoms with Gasteiger partial charge < -0.3 is 10.0 Å². The lowest BCUT2D eigenvalue weighted by molar-refractivity contribution is -0.143. The minimum Gasteiger partial charge on any atom is -0.481 e. The highest BCUT2D eigenvalue weighted by molar-refractivity contribution is 5.95. The van der Waals surface area contributed by atoms with Crippen molar-refractivity contribution in [1.82, 2.24) is 14.7 Å². The number of nitrogens with zero attached hydrogens (tertiary/aromatic N) is 3. The SMILES string of the molecule is CCC(C)n1ncc(C(=O)N2CC(C)CC(C(=O)O)C2)c1C1CC1. The highest BCUT2D eigenvalue weighted by atomic mass is 16.4. The normalized spacial score (nSPS) is 25.5. The molecule has 1 N–H and O–H groups in total. The average Bonchev–Trinajstić information content (AvgIpc) is 3.31. The van der Waals surface area contributed by atoms with Crippen LogP contribution in [0, 0.1) is 11.8 Å². The van der Waals surface area contributed by atoms with Crippen LogP contribution in [0.2, 0.25) is 0 Å². The number of carbonyl (C=O) groups is 2. The fourth-order valence-electron chi connectivity index (χ4n) is 3.69. The average molecular weight is 333 g/mol. The van der Waals surface area contributed by atoms with Crippen molar-refractivity contribution >= 4 is 11.9 Å². The molecule has 2 fully saturated rings. The fraction of sp³-hybridized carbons (Fsp3) is 0.722. The number of aliphatic carboxylic acids is 1. The molecule has 1 aromatic rings. The van der Waals surface area contributed by atoms with Gasteiger partial charge in [0.1, 0.15) is 0 Å². The number of carboxylic acid groups (broad SMARTS) is 1. The topological polar surface area (TPSA) is 75.4 Å². The second-order valence-electron chi connectivity index (χ2n) is 7.51. The highest BCUT2D eigenvalue weighted by Crippen LogP contribution is 2.43. The van der Waals surface area contributed by atoms with Crippen LogP contribution in [0.25, 0.3) is 0 Å². The second kappa shape index (κ2) is 6.57. The first-order valence-electron chi connectivity index (χ1n) is 9.01. The van der Waals surface area contributed by atoms with Gasteiger partial charge in [-0.05, 0) is 38.5 Å². The molecule has 1 saturated carbocycles. The van der Waals surface area contributed by atoms with E-state index >= 15 is 0 Å². The van der Waals surface area contributed by atoms with Crippen molar-refractivity contribution in [1.29, 1.82) is 0 Å². The molecule has 3 unspecified atom stereocenters. The van der Waals surface area contributed by atoms with Crippen LogP contribution in [0.4, 0.5) is 0 Å². The molecule has 6 heteroatoms. The lowest BCUT2D eigenvalue weighted by atomic mass is 9.90. The summed E-state index contributed by atoms with van der Waals surface area (Å²) in [6, 6.07) is 0.272. The summed E-state index contributed by atoms with van der Waals surface area (Å²) in [6.45, 7) is 7.18. The van der Waals surface area contributed by atoms with Crippen LogP contribution >= 0.6 is 0 Å². The van der Waals surface area contributed by atoms with Gasteiger partial charge in [-0.1, -0.05) is 13.8 Å². The number of amides is 1. The summed E-state index contributed by atoms with van der Waals surface area (Å²) < 4.78 is 2.01. The quantitative estimate of drug-likeness (QED) is 0.899. The largest absolute Gasteiger partial charge is 0.481 e. The molecule has 0 spiro atoms. The number of piperidine rings is 1. The maximum absolute atomic E-state index is 13.1. The summed E-state index contributed by atoms with van der Waals surface area (Å²) in [6.07, 6.45) is 5.52. The zero-order valence-electron chi connectivity index (χ0n) is 14.7. The molecular formula is C18H27N3O3. The van der Waals surface area contributed by atoms with Gasteiger partial charge in [0.2, 0.25) is 0 Å². The van der Waals surface area contributed by atoms with Crippen molar-refractivity contribution in [3.63, 3.8) is 0 Å². The maximum atomic E-state index is 13.1. The molecule has 2 heterocycles. The Bertz CT molecular complexity index is 635. The Kier molecular flexibility index (Phi) is 4.65. The van der Waals surface area contributed by atoms with Crippen LogP contribution in [0.1, 0.15) is 74.5 Å². The van der Waals surface area contributed by atoms with Crippen molar-refractivity contribution in [2.45, 2.75) is 58.4 Å². The van der Waals surface area contributed by atoms with Crippen molar-refractivity contribution in [2.24, 2.45) is 11.8 Å². The Hall–Kier alpha value is -1.85. The Balaban J connectivity index is 1.87. The van der Waals surface area contributed by atoms with Gasteiger partial charge >= 0.3 is 5.97 Å². The van der Waals surface area contributed by atoms with Crippen LogP contribution in [-0.4, -0.2) is 44.8 Å². The molecule has 132 valence electrons. The van der Waals surface area contributed by atoms with E-state index in [1.165, 1.54) is 0 Å². The molecule has 3 atom stereocenters. The number of carboxylic acids is 1. The van der Waals surface area contributed by atoms with Gasteiger partial charge in [0.25, 0.3) is 5.91 Å². The van der Waals surface area contributed by atoms with E-state index in [-0.39, 0.29) is 17.9 Å². The third-order valence-corrected chi connectivity index (χ3v) is 5.33. The van der Waals surface area contributed by atoms with E-state index < -0.39 is 11.9 Å². The molecule has 0 aromatic carbocycles. The molecular weight excluding hydrogens is 306 g/mol. The smallest absolute Gasteiger partial charge is 0.308 e. The Morgan fingerprint density at radius 3 is 2.67 bits per heavy atom. The second-order valence-corrected chi connectivity index (χ2v) is 7.51. The molecule has 1 saturated heterocycles. The monoisotopic (exact) mass is 333 g/mol.